The summed E-state index contributed by atoms with van der Waals surface area (Å²) in [5.74, 6) is -4.23. The first-order valence-electron chi connectivity index (χ1n) is 5.36. The number of hydrogen-bond donors (Lipinski definition) is 0. The van der Waals surface area contributed by atoms with Gasteiger partial charge in [-0.25, -0.2) is 13.2 Å². The van der Waals surface area contributed by atoms with Crippen molar-refractivity contribution in [3.8, 4) is 5.75 Å². The maximum Gasteiger partial charge on any atom is 0.276 e. The second-order valence-corrected chi connectivity index (χ2v) is 3.98. The Morgan fingerprint density at radius 2 is 2.06 bits per heavy atom. The minimum absolute atomic E-state index is 0.0258. The molecule has 1 saturated carbocycles. The van der Waals surface area contributed by atoms with Crippen LogP contribution < -0.4 is 4.74 Å². The molecule has 0 heterocycles. The van der Waals surface area contributed by atoms with Crippen molar-refractivity contribution in [1.29, 1.82) is 0 Å². The van der Waals surface area contributed by atoms with Gasteiger partial charge >= 0.3 is 0 Å². The van der Waals surface area contributed by atoms with Gasteiger partial charge < -0.3 is 4.74 Å². The molecule has 0 unspecified atom stereocenters. The molecule has 1 aromatic rings. The molecule has 0 aromatic heterocycles. The minimum Gasteiger partial charge on any atom is -0.491 e. The van der Waals surface area contributed by atoms with Crippen molar-refractivity contribution < 1.29 is 17.9 Å². The molecule has 0 spiro atoms. The van der Waals surface area contributed by atoms with Crippen molar-refractivity contribution >= 4 is 0 Å². The van der Waals surface area contributed by atoms with Gasteiger partial charge in [0.25, 0.3) is 5.92 Å². The molecule has 0 aliphatic heterocycles. The Morgan fingerprint density at radius 3 is 2.56 bits per heavy atom. The number of ether oxygens (including phenoxy) is 1. The van der Waals surface area contributed by atoms with Crippen molar-refractivity contribution in [1.82, 2.24) is 0 Å². The van der Waals surface area contributed by atoms with Crippen LogP contribution in [0.15, 0.2) is 18.2 Å². The molecule has 1 aliphatic carbocycles. The largest absolute Gasteiger partial charge is 0.491 e. The smallest absolute Gasteiger partial charge is 0.276 e. The summed E-state index contributed by atoms with van der Waals surface area (Å²) >= 11 is 0. The quantitative estimate of drug-likeness (QED) is 0.765. The summed E-state index contributed by atoms with van der Waals surface area (Å²) < 4.78 is 45.6. The normalized spacial score (nSPS) is 16.2. The van der Waals surface area contributed by atoms with E-state index >= 15 is 0 Å². The Labute approximate surface area is 92.2 Å². The lowest BCUT2D eigenvalue weighted by Crippen LogP contribution is -2.16. The predicted molar refractivity (Wildman–Crippen MR) is 54.2 cm³/mol. The summed E-state index contributed by atoms with van der Waals surface area (Å²) in [4.78, 5) is 0. The fourth-order valence-electron chi connectivity index (χ4n) is 1.66. The average molecular weight is 230 g/mol. The van der Waals surface area contributed by atoms with Crippen LogP contribution >= 0.6 is 0 Å². The standard InChI is InChI=1S/C12H13F3O/c1-2-16-11-6-5-9(7-10(11)13)12(14,15)8-3-4-8/h5-8H,2-4H2,1H3. The van der Waals surface area contributed by atoms with E-state index < -0.39 is 17.7 Å². The van der Waals surface area contributed by atoms with E-state index in [0.717, 1.165) is 6.07 Å². The Morgan fingerprint density at radius 1 is 1.38 bits per heavy atom. The van der Waals surface area contributed by atoms with Gasteiger partial charge in [-0.1, -0.05) is 0 Å². The van der Waals surface area contributed by atoms with E-state index in [1.807, 2.05) is 0 Å². The maximum atomic E-state index is 13.6. The van der Waals surface area contributed by atoms with Gasteiger partial charge in [0.2, 0.25) is 0 Å². The van der Waals surface area contributed by atoms with Crippen molar-refractivity contribution in [2.45, 2.75) is 25.7 Å². The number of hydrogen-bond acceptors (Lipinski definition) is 1. The molecule has 0 bridgehead atoms. The molecule has 0 atom stereocenters. The van der Waals surface area contributed by atoms with E-state index in [-0.39, 0.29) is 11.3 Å². The van der Waals surface area contributed by atoms with Crippen LogP contribution in [0.1, 0.15) is 25.3 Å². The first kappa shape index (κ1) is 11.3. The third-order valence-electron chi connectivity index (χ3n) is 2.71. The summed E-state index contributed by atoms with van der Waals surface area (Å²) in [7, 11) is 0. The highest BCUT2D eigenvalue weighted by Crippen LogP contribution is 2.49. The fraction of sp³-hybridized carbons (Fsp3) is 0.500. The first-order valence-corrected chi connectivity index (χ1v) is 5.36. The molecule has 0 N–H and O–H groups in total. The molecule has 2 rings (SSSR count). The van der Waals surface area contributed by atoms with Gasteiger partial charge in [0.05, 0.1) is 6.61 Å². The fourth-order valence-corrected chi connectivity index (χ4v) is 1.66. The summed E-state index contributed by atoms with van der Waals surface area (Å²) in [5, 5.41) is 0. The SMILES string of the molecule is CCOc1ccc(C(F)(F)C2CC2)cc1F. The van der Waals surface area contributed by atoms with Crippen molar-refractivity contribution in [2.24, 2.45) is 5.92 Å². The Balaban J connectivity index is 2.26. The molecule has 1 nitrogen and oxygen atoms in total. The molecule has 4 heteroatoms. The van der Waals surface area contributed by atoms with Gasteiger partial charge in [0, 0.05) is 11.5 Å². The summed E-state index contributed by atoms with van der Waals surface area (Å²) in [6.45, 7) is 2.03. The van der Waals surface area contributed by atoms with Gasteiger partial charge in [-0.05, 0) is 38.0 Å². The van der Waals surface area contributed by atoms with Crippen molar-refractivity contribution in [3.63, 3.8) is 0 Å². The highest BCUT2D eigenvalue weighted by atomic mass is 19.3. The van der Waals surface area contributed by atoms with E-state index in [2.05, 4.69) is 0 Å². The monoisotopic (exact) mass is 230 g/mol. The molecule has 0 radical (unpaired) electrons. The number of rotatable bonds is 4. The number of alkyl halides is 2. The summed E-state index contributed by atoms with van der Waals surface area (Å²) in [5.41, 5.74) is -0.254. The number of halogens is 3. The molecule has 16 heavy (non-hydrogen) atoms. The zero-order chi connectivity index (χ0) is 11.8. The molecular formula is C12H13F3O. The molecule has 1 aliphatic rings. The van der Waals surface area contributed by atoms with Gasteiger partial charge in [-0.3, -0.25) is 0 Å². The second-order valence-electron chi connectivity index (χ2n) is 3.98. The highest BCUT2D eigenvalue weighted by Gasteiger charge is 2.48. The van der Waals surface area contributed by atoms with E-state index in [1.165, 1.54) is 12.1 Å². The second kappa shape index (κ2) is 4.00. The highest BCUT2D eigenvalue weighted by molar-refractivity contribution is 5.32. The van der Waals surface area contributed by atoms with Gasteiger partial charge in [0.1, 0.15) is 0 Å². The third-order valence-corrected chi connectivity index (χ3v) is 2.71. The zero-order valence-electron chi connectivity index (χ0n) is 8.97. The van der Waals surface area contributed by atoms with Crippen molar-refractivity contribution in [2.75, 3.05) is 6.61 Å². The van der Waals surface area contributed by atoms with Crippen LogP contribution in [-0.4, -0.2) is 6.61 Å². The van der Waals surface area contributed by atoms with Crippen molar-refractivity contribution in [3.05, 3.63) is 29.6 Å². The van der Waals surface area contributed by atoms with Crippen LogP contribution in [-0.2, 0) is 5.92 Å². The lowest BCUT2D eigenvalue weighted by molar-refractivity contribution is -0.0288. The van der Waals surface area contributed by atoms with Crippen LogP contribution in [0.3, 0.4) is 0 Å². The van der Waals surface area contributed by atoms with Gasteiger partial charge in [-0.2, -0.15) is 0 Å². The van der Waals surface area contributed by atoms with Gasteiger partial charge in [-0.15, -0.1) is 0 Å². The summed E-state index contributed by atoms with van der Waals surface area (Å²) in [6.07, 6.45) is 1.03. The first-order chi connectivity index (χ1) is 7.55. The lowest BCUT2D eigenvalue weighted by Gasteiger charge is -2.16. The van der Waals surface area contributed by atoms with E-state index in [0.29, 0.717) is 19.4 Å². The Hall–Kier alpha value is -1.19. The van der Waals surface area contributed by atoms with Crippen LogP contribution in [0.5, 0.6) is 5.75 Å². The topological polar surface area (TPSA) is 9.23 Å². The number of benzene rings is 1. The van der Waals surface area contributed by atoms with Crippen LogP contribution in [0.4, 0.5) is 13.2 Å². The molecule has 88 valence electrons. The van der Waals surface area contributed by atoms with E-state index in [1.54, 1.807) is 6.92 Å². The van der Waals surface area contributed by atoms with Gasteiger partial charge in [0.15, 0.2) is 11.6 Å². The Kier molecular flexibility index (Phi) is 2.82. The molecule has 0 amide bonds. The maximum absolute atomic E-state index is 13.6. The van der Waals surface area contributed by atoms with Crippen LogP contribution in [0, 0.1) is 11.7 Å². The third kappa shape index (κ3) is 2.01. The average Bonchev–Trinajstić information content (AvgIpc) is 3.04. The zero-order valence-corrected chi connectivity index (χ0v) is 8.97. The molecule has 0 saturated heterocycles. The molecule has 1 aromatic carbocycles. The molecular weight excluding hydrogens is 217 g/mol. The predicted octanol–water partition coefficient (Wildman–Crippen LogP) is 3.73. The molecule has 1 fully saturated rings. The minimum atomic E-state index is -2.91. The lowest BCUT2D eigenvalue weighted by atomic mass is 10.0. The summed E-state index contributed by atoms with van der Waals surface area (Å²) in [6, 6.07) is 3.39. The van der Waals surface area contributed by atoms with E-state index in [9.17, 15) is 13.2 Å². The Bertz CT molecular complexity index is 386. The van der Waals surface area contributed by atoms with E-state index in [4.69, 9.17) is 4.74 Å². The van der Waals surface area contributed by atoms with Crippen LogP contribution in [0.2, 0.25) is 0 Å². The van der Waals surface area contributed by atoms with Crippen LogP contribution in [0.25, 0.3) is 0 Å².